The van der Waals surface area contributed by atoms with Gasteiger partial charge in [0.25, 0.3) is 0 Å². The van der Waals surface area contributed by atoms with Crippen LogP contribution in [0.4, 0.5) is 5.69 Å². The fourth-order valence-corrected chi connectivity index (χ4v) is 5.14. The van der Waals surface area contributed by atoms with Crippen LogP contribution in [0.5, 0.6) is 0 Å². The molecule has 0 fully saturated rings. The summed E-state index contributed by atoms with van der Waals surface area (Å²) in [5.74, 6) is -0.455. The summed E-state index contributed by atoms with van der Waals surface area (Å²) in [6.07, 6.45) is 2.35. The van der Waals surface area contributed by atoms with Crippen molar-refractivity contribution in [1.82, 2.24) is 10.2 Å². The Balaban J connectivity index is 2.20. The predicted octanol–water partition coefficient (Wildman–Crippen LogP) is 4.84. The van der Waals surface area contributed by atoms with Crippen LogP contribution >= 0.6 is 11.6 Å². The Kier molecular flexibility index (Phi) is 10.8. The molecule has 0 spiro atoms. The van der Waals surface area contributed by atoms with Crippen molar-refractivity contribution >= 4 is 39.1 Å². The number of carbonyl (C=O) groups is 2. The van der Waals surface area contributed by atoms with E-state index in [0.717, 1.165) is 23.1 Å². The molecule has 0 bridgehead atoms. The number of hydrogen-bond acceptors (Lipinski definition) is 4. The summed E-state index contributed by atoms with van der Waals surface area (Å²) in [7, 11) is -3.54. The third-order valence-electron chi connectivity index (χ3n) is 6.06. The van der Waals surface area contributed by atoms with Gasteiger partial charge in [-0.05, 0) is 81.5 Å². The quantitative estimate of drug-likeness (QED) is 0.421. The van der Waals surface area contributed by atoms with Gasteiger partial charge >= 0.3 is 0 Å². The van der Waals surface area contributed by atoms with Crippen LogP contribution in [0, 0.1) is 13.8 Å². The van der Waals surface area contributed by atoms with Crippen molar-refractivity contribution < 1.29 is 18.0 Å². The van der Waals surface area contributed by atoms with E-state index in [2.05, 4.69) is 5.32 Å². The molecule has 0 aliphatic heterocycles. The Morgan fingerprint density at radius 2 is 1.69 bits per heavy atom. The maximum atomic E-state index is 13.4. The summed E-state index contributed by atoms with van der Waals surface area (Å²) >= 11 is 6.13. The van der Waals surface area contributed by atoms with Crippen molar-refractivity contribution in [2.45, 2.75) is 72.5 Å². The number of aryl methyl sites for hydroxylation is 2. The molecule has 7 nitrogen and oxygen atoms in total. The maximum absolute atomic E-state index is 13.4. The van der Waals surface area contributed by atoms with Crippen LogP contribution in [0.1, 0.15) is 56.7 Å². The highest BCUT2D eigenvalue weighted by Crippen LogP contribution is 2.22. The number of rotatable bonds is 12. The molecule has 9 heteroatoms. The van der Waals surface area contributed by atoms with Gasteiger partial charge in [0.1, 0.15) is 6.04 Å². The Morgan fingerprint density at radius 3 is 2.25 bits per heavy atom. The SMILES string of the molecule is CCC(C)NC(=O)C(C)N(Cc1cccc(Cl)c1)C(=O)CCCN(c1cc(C)cc(C)c1)S(C)(=O)=O. The van der Waals surface area contributed by atoms with E-state index in [-0.39, 0.29) is 37.4 Å². The molecule has 0 aliphatic carbocycles. The van der Waals surface area contributed by atoms with Crippen molar-refractivity contribution in [3.05, 3.63) is 64.2 Å². The normalized spacial score (nSPS) is 13.1. The van der Waals surface area contributed by atoms with E-state index in [1.54, 1.807) is 25.1 Å². The van der Waals surface area contributed by atoms with Gasteiger partial charge in [-0.3, -0.25) is 13.9 Å². The van der Waals surface area contributed by atoms with Crippen molar-refractivity contribution in [1.29, 1.82) is 0 Å². The van der Waals surface area contributed by atoms with E-state index in [1.807, 2.05) is 52.0 Å². The van der Waals surface area contributed by atoms with Crippen molar-refractivity contribution in [2.24, 2.45) is 0 Å². The second kappa shape index (κ2) is 13.1. The molecule has 2 aromatic rings. The minimum atomic E-state index is -3.54. The van der Waals surface area contributed by atoms with Gasteiger partial charge in [0.2, 0.25) is 21.8 Å². The monoisotopic (exact) mass is 535 g/mol. The summed E-state index contributed by atoms with van der Waals surface area (Å²) in [6, 6.07) is 12.1. The lowest BCUT2D eigenvalue weighted by Gasteiger charge is -2.30. The van der Waals surface area contributed by atoms with E-state index in [9.17, 15) is 18.0 Å². The van der Waals surface area contributed by atoms with Crippen LogP contribution < -0.4 is 9.62 Å². The molecule has 0 saturated heterocycles. The number of amides is 2. The van der Waals surface area contributed by atoms with E-state index < -0.39 is 16.1 Å². The maximum Gasteiger partial charge on any atom is 0.242 e. The fourth-order valence-electron chi connectivity index (χ4n) is 3.98. The lowest BCUT2D eigenvalue weighted by molar-refractivity contribution is -0.140. The first-order valence-electron chi connectivity index (χ1n) is 12.2. The molecule has 0 saturated carbocycles. The second-order valence-electron chi connectivity index (χ2n) is 9.43. The molecular weight excluding hydrogens is 498 g/mol. The first-order valence-corrected chi connectivity index (χ1v) is 14.4. The molecule has 0 heterocycles. The average Bonchev–Trinajstić information content (AvgIpc) is 2.78. The zero-order valence-electron chi connectivity index (χ0n) is 22.0. The topological polar surface area (TPSA) is 86.8 Å². The smallest absolute Gasteiger partial charge is 0.242 e. The van der Waals surface area contributed by atoms with Crippen molar-refractivity contribution in [3.8, 4) is 0 Å². The predicted molar refractivity (Wildman–Crippen MR) is 147 cm³/mol. The van der Waals surface area contributed by atoms with Crippen LogP contribution in [0.25, 0.3) is 0 Å². The number of anilines is 1. The van der Waals surface area contributed by atoms with E-state index in [0.29, 0.717) is 17.1 Å². The molecule has 36 heavy (non-hydrogen) atoms. The molecule has 2 rings (SSSR count). The van der Waals surface area contributed by atoms with Crippen LogP contribution in [0.15, 0.2) is 42.5 Å². The highest BCUT2D eigenvalue weighted by atomic mass is 35.5. The van der Waals surface area contributed by atoms with Gasteiger partial charge in [0, 0.05) is 30.6 Å². The molecule has 2 aromatic carbocycles. The number of sulfonamides is 1. The lowest BCUT2D eigenvalue weighted by atomic mass is 10.1. The largest absolute Gasteiger partial charge is 0.352 e. The van der Waals surface area contributed by atoms with Crippen molar-refractivity contribution in [3.63, 3.8) is 0 Å². The summed E-state index contributed by atoms with van der Waals surface area (Å²) < 4.78 is 26.4. The number of nitrogens with one attached hydrogen (secondary N) is 1. The molecule has 2 amide bonds. The Bertz CT molecular complexity index is 1150. The molecule has 1 N–H and O–H groups in total. The molecule has 2 atom stereocenters. The van der Waals surface area contributed by atoms with Gasteiger partial charge in [0.05, 0.1) is 11.9 Å². The molecule has 2 unspecified atom stereocenters. The zero-order chi connectivity index (χ0) is 27.0. The molecule has 198 valence electrons. The van der Waals surface area contributed by atoms with Crippen LogP contribution in [-0.2, 0) is 26.2 Å². The first kappa shape index (κ1) is 29.6. The van der Waals surface area contributed by atoms with E-state index >= 15 is 0 Å². The molecule has 0 aromatic heterocycles. The number of hydrogen-bond donors (Lipinski definition) is 1. The summed E-state index contributed by atoms with van der Waals surface area (Å²) in [4.78, 5) is 27.7. The van der Waals surface area contributed by atoms with E-state index in [4.69, 9.17) is 11.6 Å². The summed E-state index contributed by atoms with van der Waals surface area (Å²) in [6.45, 7) is 9.82. The van der Waals surface area contributed by atoms with Crippen molar-refractivity contribution in [2.75, 3.05) is 17.1 Å². The molecule has 0 radical (unpaired) electrons. The second-order valence-corrected chi connectivity index (χ2v) is 11.8. The van der Waals surface area contributed by atoms with E-state index in [1.165, 1.54) is 15.5 Å². The summed E-state index contributed by atoms with van der Waals surface area (Å²) in [5.41, 5.74) is 3.32. The Morgan fingerprint density at radius 1 is 1.06 bits per heavy atom. The van der Waals surface area contributed by atoms with Gasteiger partial charge in [-0.15, -0.1) is 0 Å². The molecule has 0 aliphatic rings. The highest BCUT2D eigenvalue weighted by Gasteiger charge is 2.27. The highest BCUT2D eigenvalue weighted by molar-refractivity contribution is 7.92. The number of carbonyl (C=O) groups excluding carboxylic acids is 2. The Hall–Kier alpha value is -2.58. The number of halogens is 1. The first-order chi connectivity index (χ1) is 16.8. The molecular formula is C27H38ClN3O4S. The van der Waals surface area contributed by atoms with Crippen LogP contribution in [-0.4, -0.2) is 50.0 Å². The van der Waals surface area contributed by atoms with Gasteiger partial charge < -0.3 is 10.2 Å². The number of benzene rings is 2. The van der Waals surface area contributed by atoms with Gasteiger partial charge in [0.15, 0.2) is 0 Å². The standard InChI is InChI=1S/C27H38ClN3O4S/c1-7-21(4)29-27(33)22(5)30(18-23-10-8-11-24(28)17-23)26(32)12-9-13-31(36(6,34)35)25-15-19(2)14-20(3)16-25/h8,10-11,14-17,21-22H,7,9,12-13,18H2,1-6H3,(H,29,33). The minimum Gasteiger partial charge on any atom is -0.352 e. The van der Waals surface area contributed by atoms with Gasteiger partial charge in [-0.1, -0.05) is 36.7 Å². The van der Waals surface area contributed by atoms with Crippen LogP contribution in [0.3, 0.4) is 0 Å². The minimum absolute atomic E-state index is 0.0100. The third-order valence-corrected chi connectivity index (χ3v) is 7.49. The lowest BCUT2D eigenvalue weighted by Crippen LogP contribution is -2.49. The average molecular weight is 536 g/mol. The van der Waals surface area contributed by atoms with Crippen LogP contribution in [0.2, 0.25) is 5.02 Å². The zero-order valence-corrected chi connectivity index (χ0v) is 23.6. The fraction of sp³-hybridized carbons (Fsp3) is 0.481. The third kappa shape index (κ3) is 8.82. The number of nitrogens with zero attached hydrogens (tertiary/aromatic N) is 2. The van der Waals surface area contributed by atoms with Gasteiger partial charge in [-0.2, -0.15) is 0 Å². The summed E-state index contributed by atoms with van der Waals surface area (Å²) in [5, 5.41) is 3.49. The Labute approximate surface area is 220 Å². The van der Waals surface area contributed by atoms with Gasteiger partial charge in [-0.25, -0.2) is 8.42 Å².